The highest BCUT2D eigenvalue weighted by atomic mass is 32.2. The summed E-state index contributed by atoms with van der Waals surface area (Å²) in [5.41, 5.74) is 6.61. The van der Waals surface area contributed by atoms with Gasteiger partial charge in [-0.1, -0.05) is 68.1 Å². The Bertz CT molecular complexity index is 968. The highest BCUT2D eigenvalue weighted by Gasteiger charge is 2.09. The maximum atomic E-state index is 5.21. The van der Waals surface area contributed by atoms with E-state index in [1.165, 1.54) is 16.8 Å². The Kier molecular flexibility index (Phi) is 6.76. The zero-order valence-corrected chi connectivity index (χ0v) is 16.7. The highest BCUT2D eigenvalue weighted by molar-refractivity contribution is 8.00. The van der Waals surface area contributed by atoms with Crippen molar-refractivity contribution in [2.75, 3.05) is 10.0 Å². The molecule has 0 aromatic heterocycles. The van der Waals surface area contributed by atoms with Crippen LogP contribution in [0.4, 0.5) is 11.4 Å². The molecule has 4 nitrogen and oxygen atoms in total. The molecule has 28 heavy (non-hydrogen) atoms. The van der Waals surface area contributed by atoms with Crippen molar-refractivity contribution >= 4 is 35.7 Å². The molecule has 0 aliphatic rings. The van der Waals surface area contributed by atoms with Crippen LogP contribution in [0.15, 0.2) is 83.3 Å². The Hall–Kier alpha value is -3.18. The van der Waals surface area contributed by atoms with Crippen molar-refractivity contribution in [2.24, 2.45) is 10.9 Å². The van der Waals surface area contributed by atoms with E-state index in [-0.39, 0.29) is 0 Å². The standard InChI is InChI=1S/C23H24N4S/c1-3-17-10-11-18(4-2)23(14-17)28-27-22-15-20(25-16-26-24)12-13-21(22)19-8-6-5-7-9-19/h3,5-16,27H,1,4,24H2,2H3,(H,25,26). The van der Waals surface area contributed by atoms with Crippen molar-refractivity contribution in [1.82, 2.24) is 0 Å². The minimum atomic E-state index is 0.910. The molecular formula is C23H24N4S. The number of benzene rings is 3. The van der Waals surface area contributed by atoms with Gasteiger partial charge in [0, 0.05) is 16.1 Å². The van der Waals surface area contributed by atoms with E-state index >= 15 is 0 Å². The third-order valence-electron chi connectivity index (χ3n) is 4.39. The van der Waals surface area contributed by atoms with Crippen molar-refractivity contribution in [3.63, 3.8) is 0 Å². The van der Waals surface area contributed by atoms with Crippen LogP contribution >= 0.6 is 11.9 Å². The molecule has 0 amide bonds. The fraction of sp³-hybridized carbons (Fsp3) is 0.0870. The van der Waals surface area contributed by atoms with E-state index in [2.05, 4.69) is 71.1 Å². The maximum Gasteiger partial charge on any atom is 0.112 e. The summed E-state index contributed by atoms with van der Waals surface area (Å²) in [7, 11) is 0. The smallest absolute Gasteiger partial charge is 0.112 e. The number of hydrazone groups is 1. The number of rotatable bonds is 8. The van der Waals surface area contributed by atoms with Crippen LogP contribution in [0, 0.1) is 0 Å². The summed E-state index contributed by atoms with van der Waals surface area (Å²) in [5, 5.41) is 6.58. The number of hydrogen-bond donors (Lipinski definition) is 3. The van der Waals surface area contributed by atoms with Gasteiger partial charge in [0.1, 0.15) is 6.34 Å². The maximum absolute atomic E-state index is 5.21. The molecule has 0 aliphatic heterocycles. The normalized spacial score (nSPS) is 10.8. The lowest BCUT2D eigenvalue weighted by molar-refractivity contribution is 1.08. The molecular weight excluding hydrogens is 364 g/mol. The summed E-state index contributed by atoms with van der Waals surface area (Å²) in [5.74, 6) is 5.21. The molecule has 142 valence electrons. The Labute approximate surface area is 170 Å². The van der Waals surface area contributed by atoms with Gasteiger partial charge in [-0.25, -0.2) is 0 Å². The lowest BCUT2D eigenvalue weighted by Gasteiger charge is -2.15. The second-order valence-electron chi connectivity index (χ2n) is 6.18. The lowest BCUT2D eigenvalue weighted by atomic mass is 10.0. The number of anilines is 2. The second kappa shape index (κ2) is 9.67. The number of nitrogens with one attached hydrogen (secondary N) is 2. The molecule has 0 bridgehead atoms. The van der Waals surface area contributed by atoms with Crippen molar-refractivity contribution in [3.05, 3.63) is 84.4 Å². The number of nitrogens with zero attached hydrogens (tertiary/aromatic N) is 1. The predicted molar refractivity (Wildman–Crippen MR) is 124 cm³/mol. The van der Waals surface area contributed by atoms with E-state index in [0.717, 1.165) is 34.5 Å². The summed E-state index contributed by atoms with van der Waals surface area (Å²) in [6.45, 7) is 6.04. The third-order valence-corrected chi connectivity index (χ3v) is 5.31. The molecule has 3 aromatic rings. The molecule has 0 fully saturated rings. The monoisotopic (exact) mass is 388 g/mol. The van der Waals surface area contributed by atoms with Crippen molar-refractivity contribution in [2.45, 2.75) is 18.2 Å². The zero-order valence-electron chi connectivity index (χ0n) is 15.9. The van der Waals surface area contributed by atoms with Gasteiger partial charge >= 0.3 is 0 Å². The first-order chi connectivity index (χ1) is 13.7. The number of nitrogens with two attached hydrogens (primary N) is 1. The first-order valence-electron chi connectivity index (χ1n) is 9.11. The largest absolute Gasteiger partial charge is 0.345 e. The third kappa shape index (κ3) is 4.75. The van der Waals surface area contributed by atoms with Crippen LogP contribution < -0.4 is 15.9 Å². The first kappa shape index (κ1) is 19.6. The van der Waals surface area contributed by atoms with Crippen LogP contribution in [0.25, 0.3) is 17.2 Å². The Morgan fingerprint density at radius 3 is 2.61 bits per heavy atom. The summed E-state index contributed by atoms with van der Waals surface area (Å²) in [6.07, 6.45) is 4.31. The molecule has 3 aromatic carbocycles. The van der Waals surface area contributed by atoms with Gasteiger partial charge in [0.25, 0.3) is 0 Å². The minimum Gasteiger partial charge on any atom is -0.345 e. The average molecular weight is 389 g/mol. The Morgan fingerprint density at radius 2 is 1.89 bits per heavy atom. The van der Waals surface area contributed by atoms with Gasteiger partial charge in [0.05, 0.1) is 5.69 Å². The van der Waals surface area contributed by atoms with Crippen LogP contribution in [0.1, 0.15) is 18.1 Å². The fourth-order valence-corrected chi connectivity index (χ4v) is 3.82. The van der Waals surface area contributed by atoms with Gasteiger partial charge in [-0.05, 0) is 53.3 Å². The van der Waals surface area contributed by atoms with Crippen LogP contribution in [0.2, 0.25) is 0 Å². The molecule has 0 saturated heterocycles. The summed E-state index contributed by atoms with van der Waals surface area (Å²) >= 11 is 1.61. The van der Waals surface area contributed by atoms with Crippen LogP contribution in [0.5, 0.6) is 0 Å². The molecule has 0 saturated carbocycles. The molecule has 0 heterocycles. The van der Waals surface area contributed by atoms with E-state index in [1.807, 2.05) is 30.3 Å². The minimum absolute atomic E-state index is 0.910. The zero-order chi connectivity index (χ0) is 19.8. The van der Waals surface area contributed by atoms with Gasteiger partial charge < -0.3 is 15.9 Å². The van der Waals surface area contributed by atoms with Gasteiger partial charge in [0.2, 0.25) is 0 Å². The quantitative estimate of drug-likeness (QED) is 0.146. The lowest BCUT2D eigenvalue weighted by Crippen LogP contribution is -1.99. The highest BCUT2D eigenvalue weighted by Crippen LogP contribution is 2.35. The van der Waals surface area contributed by atoms with E-state index in [4.69, 9.17) is 5.84 Å². The topological polar surface area (TPSA) is 62.4 Å². The number of aryl methyl sites for hydroxylation is 1. The molecule has 0 atom stereocenters. The Balaban J connectivity index is 1.94. The molecule has 3 rings (SSSR count). The predicted octanol–water partition coefficient (Wildman–Crippen LogP) is 5.99. The van der Waals surface area contributed by atoms with Crippen LogP contribution in [0.3, 0.4) is 0 Å². The van der Waals surface area contributed by atoms with E-state index < -0.39 is 0 Å². The second-order valence-corrected chi connectivity index (χ2v) is 7.03. The number of hydrogen-bond acceptors (Lipinski definition) is 4. The van der Waals surface area contributed by atoms with Gasteiger partial charge in [0.15, 0.2) is 0 Å². The molecule has 0 spiro atoms. The van der Waals surface area contributed by atoms with Crippen molar-refractivity contribution in [3.8, 4) is 11.1 Å². The van der Waals surface area contributed by atoms with Crippen LogP contribution in [-0.2, 0) is 6.42 Å². The van der Waals surface area contributed by atoms with Crippen molar-refractivity contribution < 1.29 is 0 Å². The molecule has 0 radical (unpaired) electrons. The van der Waals surface area contributed by atoms with Gasteiger partial charge in [-0.15, -0.1) is 0 Å². The van der Waals surface area contributed by atoms with E-state index in [1.54, 1.807) is 11.9 Å². The van der Waals surface area contributed by atoms with Crippen molar-refractivity contribution in [1.29, 1.82) is 0 Å². The van der Waals surface area contributed by atoms with Gasteiger partial charge in [-0.3, -0.25) is 0 Å². The van der Waals surface area contributed by atoms with E-state index in [9.17, 15) is 0 Å². The van der Waals surface area contributed by atoms with E-state index in [0.29, 0.717) is 0 Å². The first-order valence-corrected chi connectivity index (χ1v) is 9.92. The SMILES string of the molecule is C=Cc1ccc(CC)c(SNc2cc(N/C=N\N)ccc2-c2ccccc2)c1. The molecule has 0 unspecified atom stereocenters. The summed E-state index contributed by atoms with van der Waals surface area (Å²) in [6, 6.07) is 22.9. The molecule has 5 heteroatoms. The molecule has 4 N–H and O–H groups in total. The van der Waals surface area contributed by atoms with Crippen LogP contribution in [-0.4, -0.2) is 6.34 Å². The average Bonchev–Trinajstić information content (AvgIpc) is 2.76. The van der Waals surface area contributed by atoms with Gasteiger partial charge in [-0.2, -0.15) is 5.10 Å². The summed E-state index contributed by atoms with van der Waals surface area (Å²) < 4.78 is 3.54. The fourth-order valence-electron chi connectivity index (χ4n) is 2.89. The molecule has 0 aliphatic carbocycles. The Morgan fingerprint density at radius 1 is 1.07 bits per heavy atom. The summed E-state index contributed by atoms with van der Waals surface area (Å²) in [4.78, 5) is 1.20.